The summed E-state index contributed by atoms with van der Waals surface area (Å²) in [5, 5.41) is 20.4. The van der Waals surface area contributed by atoms with Crippen LogP contribution in [0.5, 0.6) is 11.5 Å². The number of aromatic nitrogens is 1. The maximum absolute atomic E-state index is 9.85. The van der Waals surface area contributed by atoms with Crippen molar-refractivity contribution in [2.24, 2.45) is 0 Å². The summed E-state index contributed by atoms with van der Waals surface area (Å²) in [6, 6.07) is 1.83. The van der Waals surface area contributed by atoms with E-state index in [2.05, 4.69) is 4.98 Å². The Balaban J connectivity index is 3.01. The Bertz CT molecular complexity index is 467. The number of phenols is 2. The number of aromatic amines is 1. The number of nitrogens with one attached hydrogen (secondary N) is 1. The molecule has 3 N–H and O–H groups in total. The van der Waals surface area contributed by atoms with E-state index >= 15 is 0 Å². The molecule has 0 saturated heterocycles. The summed E-state index contributed by atoms with van der Waals surface area (Å²) < 4.78 is 0. The molecule has 0 aliphatic heterocycles. The third kappa shape index (κ3) is 0.985. The van der Waals surface area contributed by atoms with Gasteiger partial charge in [0.15, 0.2) is 0 Å². The van der Waals surface area contributed by atoms with Crippen molar-refractivity contribution >= 4 is 10.9 Å². The van der Waals surface area contributed by atoms with Gasteiger partial charge in [0.1, 0.15) is 11.5 Å². The van der Waals surface area contributed by atoms with E-state index in [1.54, 1.807) is 13.8 Å². The highest BCUT2D eigenvalue weighted by Crippen LogP contribution is 2.38. The number of fused-ring (bicyclic) bond motifs is 1. The molecular formula is C11H13NO2. The lowest BCUT2D eigenvalue weighted by atomic mass is 10.0. The Hall–Kier alpha value is -1.64. The van der Waals surface area contributed by atoms with E-state index in [0.717, 1.165) is 16.8 Å². The average molecular weight is 191 g/mol. The van der Waals surface area contributed by atoms with Gasteiger partial charge in [-0.15, -0.1) is 0 Å². The van der Waals surface area contributed by atoms with E-state index in [-0.39, 0.29) is 11.5 Å². The molecule has 0 aliphatic carbocycles. The maximum Gasteiger partial charge on any atom is 0.143 e. The molecule has 0 aliphatic rings. The normalized spacial score (nSPS) is 11.1. The van der Waals surface area contributed by atoms with Crippen LogP contribution in [0.2, 0.25) is 0 Å². The molecule has 2 rings (SSSR count). The summed E-state index contributed by atoms with van der Waals surface area (Å²) in [5.74, 6) is 0.475. The van der Waals surface area contributed by atoms with Gasteiger partial charge in [-0.05, 0) is 38.0 Å². The third-order valence-corrected chi connectivity index (χ3v) is 2.72. The van der Waals surface area contributed by atoms with Gasteiger partial charge in [-0.3, -0.25) is 0 Å². The van der Waals surface area contributed by atoms with Crippen LogP contribution in [0.3, 0.4) is 0 Å². The first kappa shape index (κ1) is 8.94. The lowest BCUT2D eigenvalue weighted by Gasteiger charge is -2.07. The molecule has 0 unspecified atom stereocenters. The zero-order valence-electron chi connectivity index (χ0n) is 8.47. The van der Waals surface area contributed by atoms with Crippen molar-refractivity contribution in [1.82, 2.24) is 4.98 Å². The van der Waals surface area contributed by atoms with Gasteiger partial charge in [0.05, 0.1) is 5.52 Å². The quantitative estimate of drug-likeness (QED) is 0.560. The van der Waals surface area contributed by atoms with Crippen molar-refractivity contribution in [2.45, 2.75) is 20.8 Å². The first-order valence-electron chi connectivity index (χ1n) is 4.52. The highest BCUT2D eigenvalue weighted by molar-refractivity contribution is 5.93. The number of rotatable bonds is 0. The Morgan fingerprint density at radius 1 is 1.00 bits per heavy atom. The van der Waals surface area contributed by atoms with E-state index in [9.17, 15) is 10.2 Å². The molecule has 0 fully saturated rings. The summed E-state index contributed by atoms with van der Waals surface area (Å²) in [4.78, 5) is 3.03. The number of benzene rings is 1. The predicted molar refractivity (Wildman–Crippen MR) is 55.8 cm³/mol. The number of hydrogen-bond donors (Lipinski definition) is 3. The molecule has 0 spiro atoms. The molecule has 74 valence electrons. The standard InChI is InChI=1S/C11H13NO2/c1-5-4-8-9(12-5)11(14)7(3)6(2)10(8)13/h4,12-14H,1-3H3. The van der Waals surface area contributed by atoms with Crippen LogP contribution in [-0.2, 0) is 0 Å². The fourth-order valence-corrected chi connectivity index (χ4v) is 1.71. The summed E-state index contributed by atoms with van der Waals surface area (Å²) in [6.07, 6.45) is 0. The van der Waals surface area contributed by atoms with E-state index in [1.165, 1.54) is 0 Å². The second-order valence-corrected chi connectivity index (χ2v) is 3.69. The van der Waals surface area contributed by atoms with Crippen LogP contribution in [0.4, 0.5) is 0 Å². The van der Waals surface area contributed by atoms with Gasteiger partial charge in [-0.1, -0.05) is 0 Å². The van der Waals surface area contributed by atoms with E-state index in [1.807, 2.05) is 13.0 Å². The van der Waals surface area contributed by atoms with Crippen LogP contribution in [0.25, 0.3) is 10.9 Å². The number of aromatic hydroxyl groups is 2. The van der Waals surface area contributed by atoms with Gasteiger partial charge < -0.3 is 15.2 Å². The van der Waals surface area contributed by atoms with Crippen molar-refractivity contribution in [3.8, 4) is 11.5 Å². The first-order valence-corrected chi connectivity index (χ1v) is 4.52. The van der Waals surface area contributed by atoms with Crippen molar-refractivity contribution in [3.63, 3.8) is 0 Å². The molecule has 0 saturated carbocycles. The van der Waals surface area contributed by atoms with E-state index < -0.39 is 0 Å². The molecule has 0 atom stereocenters. The lowest BCUT2D eigenvalue weighted by molar-refractivity contribution is 0.462. The Morgan fingerprint density at radius 2 is 1.57 bits per heavy atom. The van der Waals surface area contributed by atoms with Gasteiger partial charge in [0, 0.05) is 11.1 Å². The molecule has 1 aromatic carbocycles. The van der Waals surface area contributed by atoms with Crippen molar-refractivity contribution < 1.29 is 10.2 Å². The van der Waals surface area contributed by atoms with Crippen LogP contribution in [-0.4, -0.2) is 15.2 Å². The highest BCUT2D eigenvalue weighted by Gasteiger charge is 2.14. The van der Waals surface area contributed by atoms with Crippen LogP contribution < -0.4 is 0 Å². The van der Waals surface area contributed by atoms with Crippen molar-refractivity contribution in [2.75, 3.05) is 0 Å². The SMILES string of the molecule is Cc1cc2c(O)c(C)c(C)c(O)c2[nH]1. The largest absolute Gasteiger partial charge is 0.507 e. The Morgan fingerprint density at radius 3 is 2.21 bits per heavy atom. The van der Waals surface area contributed by atoms with E-state index in [0.29, 0.717) is 10.9 Å². The molecule has 3 heteroatoms. The van der Waals surface area contributed by atoms with E-state index in [4.69, 9.17) is 0 Å². The van der Waals surface area contributed by atoms with Gasteiger partial charge in [-0.25, -0.2) is 0 Å². The Kier molecular flexibility index (Phi) is 1.71. The van der Waals surface area contributed by atoms with Crippen LogP contribution in [0, 0.1) is 20.8 Å². The summed E-state index contributed by atoms with van der Waals surface area (Å²) >= 11 is 0. The minimum absolute atomic E-state index is 0.225. The van der Waals surface area contributed by atoms with Crippen LogP contribution in [0.15, 0.2) is 6.07 Å². The minimum Gasteiger partial charge on any atom is -0.507 e. The highest BCUT2D eigenvalue weighted by atomic mass is 16.3. The molecule has 2 aromatic rings. The second-order valence-electron chi connectivity index (χ2n) is 3.69. The van der Waals surface area contributed by atoms with Crippen molar-refractivity contribution in [1.29, 1.82) is 0 Å². The van der Waals surface area contributed by atoms with Crippen molar-refractivity contribution in [3.05, 3.63) is 22.9 Å². The van der Waals surface area contributed by atoms with Gasteiger partial charge in [-0.2, -0.15) is 0 Å². The molecule has 1 aromatic heterocycles. The average Bonchev–Trinajstić information content (AvgIpc) is 2.54. The smallest absolute Gasteiger partial charge is 0.143 e. The monoisotopic (exact) mass is 191 g/mol. The van der Waals surface area contributed by atoms with Gasteiger partial charge >= 0.3 is 0 Å². The van der Waals surface area contributed by atoms with Gasteiger partial charge in [0.25, 0.3) is 0 Å². The van der Waals surface area contributed by atoms with Crippen LogP contribution >= 0.6 is 0 Å². The topological polar surface area (TPSA) is 56.2 Å². The molecule has 1 heterocycles. The summed E-state index contributed by atoms with van der Waals surface area (Å²) in [7, 11) is 0. The molecule has 14 heavy (non-hydrogen) atoms. The molecule has 0 bridgehead atoms. The third-order valence-electron chi connectivity index (χ3n) is 2.72. The molecular weight excluding hydrogens is 178 g/mol. The summed E-state index contributed by atoms with van der Waals surface area (Å²) in [5.41, 5.74) is 2.99. The zero-order chi connectivity index (χ0) is 10.5. The maximum atomic E-state index is 9.85. The van der Waals surface area contributed by atoms with Crippen LogP contribution in [0.1, 0.15) is 16.8 Å². The second kappa shape index (κ2) is 2.67. The fourth-order valence-electron chi connectivity index (χ4n) is 1.71. The summed E-state index contributed by atoms with van der Waals surface area (Å²) in [6.45, 7) is 5.48. The zero-order valence-corrected chi connectivity index (χ0v) is 8.47. The first-order chi connectivity index (χ1) is 6.52. The number of H-pyrrole nitrogens is 1. The fraction of sp³-hybridized carbons (Fsp3) is 0.273. The lowest BCUT2D eigenvalue weighted by Crippen LogP contribution is -1.85. The molecule has 3 nitrogen and oxygen atoms in total. The number of aryl methyl sites for hydroxylation is 1. The number of hydrogen-bond acceptors (Lipinski definition) is 2. The predicted octanol–water partition coefficient (Wildman–Crippen LogP) is 2.50. The molecule has 0 amide bonds. The minimum atomic E-state index is 0.225. The molecule has 0 radical (unpaired) electrons. The van der Waals surface area contributed by atoms with Gasteiger partial charge in [0.2, 0.25) is 0 Å². The Labute approximate surface area is 82.0 Å². The number of phenolic OH excluding ortho intramolecular Hbond substituents is 2.